The minimum Gasteiger partial charge on any atom is -0.459 e. The predicted octanol–water partition coefficient (Wildman–Crippen LogP) is 4.19. The second kappa shape index (κ2) is 5.27. The van der Waals surface area contributed by atoms with Crippen molar-refractivity contribution in [1.82, 2.24) is 0 Å². The highest BCUT2D eigenvalue weighted by Crippen LogP contribution is 2.66. The summed E-state index contributed by atoms with van der Waals surface area (Å²) in [4.78, 5) is 12.3. The maximum absolute atomic E-state index is 12.3. The lowest BCUT2D eigenvalue weighted by atomic mass is 9.70. The molecule has 128 valence electrons. The Labute approximate surface area is 142 Å². The normalized spacial score (nSPS) is 32.5. The molecule has 0 aromatic heterocycles. The van der Waals surface area contributed by atoms with Gasteiger partial charge in [-0.15, -0.1) is 0 Å². The molecule has 24 heavy (non-hydrogen) atoms. The second-order valence-electron chi connectivity index (χ2n) is 7.98. The van der Waals surface area contributed by atoms with Crippen molar-refractivity contribution in [2.45, 2.75) is 46.1 Å². The topological polar surface area (TPSA) is 44.8 Å². The number of carbonyl (C=O) groups excluding carboxylic acids is 1. The standard InChI is InChI=1S/C20H24O4/c1-19(2)14-8-9-20(19,3)17(11-14)24-18(21)7-5-13-4-6-15-16(10-13)23-12-22-15/h4-7,10,14,17H,8-9,11-12H2,1-3H3/b7-5+/t14-,17+,20+/m1/s1. The van der Waals surface area contributed by atoms with E-state index in [0.29, 0.717) is 11.7 Å². The predicted molar refractivity (Wildman–Crippen MR) is 90.7 cm³/mol. The highest BCUT2D eigenvalue weighted by atomic mass is 16.7. The van der Waals surface area contributed by atoms with Crippen molar-refractivity contribution in [3.63, 3.8) is 0 Å². The van der Waals surface area contributed by atoms with Crippen molar-refractivity contribution in [1.29, 1.82) is 0 Å². The van der Waals surface area contributed by atoms with Crippen molar-refractivity contribution in [3.05, 3.63) is 29.8 Å². The van der Waals surface area contributed by atoms with Gasteiger partial charge in [0.2, 0.25) is 6.79 Å². The smallest absolute Gasteiger partial charge is 0.331 e. The van der Waals surface area contributed by atoms with Crippen LogP contribution in [0.25, 0.3) is 6.08 Å². The number of carbonyl (C=O) groups is 1. The van der Waals surface area contributed by atoms with Gasteiger partial charge in [0.25, 0.3) is 0 Å². The Kier molecular flexibility index (Phi) is 3.41. The first-order valence-electron chi connectivity index (χ1n) is 8.68. The zero-order chi connectivity index (χ0) is 16.9. The molecule has 1 heterocycles. The fraction of sp³-hybridized carbons (Fsp3) is 0.550. The average molecular weight is 328 g/mol. The van der Waals surface area contributed by atoms with Crippen molar-refractivity contribution in [2.75, 3.05) is 6.79 Å². The molecule has 0 amide bonds. The van der Waals surface area contributed by atoms with Crippen LogP contribution in [0.2, 0.25) is 0 Å². The molecule has 2 fully saturated rings. The third-order valence-corrected chi connectivity index (χ3v) is 6.78. The first-order chi connectivity index (χ1) is 11.4. The summed E-state index contributed by atoms with van der Waals surface area (Å²) in [5.74, 6) is 1.86. The van der Waals surface area contributed by atoms with E-state index >= 15 is 0 Å². The van der Waals surface area contributed by atoms with Crippen LogP contribution in [0.5, 0.6) is 11.5 Å². The lowest BCUT2D eigenvalue weighted by molar-refractivity contribution is -0.150. The Morgan fingerprint density at radius 2 is 2.04 bits per heavy atom. The largest absolute Gasteiger partial charge is 0.459 e. The fourth-order valence-electron chi connectivity index (χ4n) is 4.67. The number of rotatable bonds is 3. The number of hydrogen-bond donors (Lipinski definition) is 0. The highest BCUT2D eigenvalue weighted by molar-refractivity contribution is 5.87. The molecule has 4 heteroatoms. The van der Waals surface area contributed by atoms with Gasteiger partial charge in [-0.05, 0) is 54.4 Å². The number of esters is 1. The quantitative estimate of drug-likeness (QED) is 0.616. The number of benzene rings is 1. The van der Waals surface area contributed by atoms with Gasteiger partial charge in [0.05, 0.1) is 0 Å². The molecular weight excluding hydrogens is 304 g/mol. The lowest BCUT2D eigenvalue weighted by Gasteiger charge is -2.38. The van der Waals surface area contributed by atoms with Crippen molar-refractivity contribution >= 4 is 12.0 Å². The molecule has 0 spiro atoms. The molecule has 3 aliphatic rings. The highest BCUT2D eigenvalue weighted by Gasteiger charge is 2.62. The van der Waals surface area contributed by atoms with Crippen LogP contribution in [0.4, 0.5) is 0 Å². The van der Waals surface area contributed by atoms with Gasteiger partial charge >= 0.3 is 5.97 Å². The summed E-state index contributed by atoms with van der Waals surface area (Å²) in [5.41, 5.74) is 1.24. The first-order valence-corrected chi connectivity index (χ1v) is 8.68. The molecule has 1 aromatic carbocycles. The third kappa shape index (κ3) is 2.23. The van der Waals surface area contributed by atoms with Crippen LogP contribution in [-0.2, 0) is 9.53 Å². The summed E-state index contributed by atoms with van der Waals surface area (Å²) in [7, 11) is 0. The van der Waals surface area contributed by atoms with Gasteiger partial charge in [0.1, 0.15) is 6.10 Å². The summed E-state index contributed by atoms with van der Waals surface area (Å²) >= 11 is 0. The van der Waals surface area contributed by atoms with Gasteiger partial charge in [-0.1, -0.05) is 26.8 Å². The Morgan fingerprint density at radius 3 is 2.75 bits per heavy atom. The van der Waals surface area contributed by atoms with E-state index in [-0.39, 0.29) is 29.7 Å². The first kappa shape index (κ1) is 15.6. The Morgan fingerprint density at radius 1 is 1.25 bits per heavy atom. The van der Waals surface area contributed by atoms with Crippen molar-refractivity contribution < 1.29 is 19.0 Å². The maximum atomic E-state index is 12.3. The van der Waals surface area contributed by atoms with Gasteiger partial charge < -0.3 is 14.2 Å². The minimum atomic E-state index is -0.262. The summed E-state index contributed by atoms with van der Waals surface area (Å²) < 4.78 is 16.5. The van der Waals surface area contributed by atoms with E-state index in [4.69, 9.17) is 14.2 Å². The van der Waals surface area contributed by atoms with E-state index in [1.54, 1.807) is 6.08 Å². The molecule has 4 nitrogen and oxygen atoms in total. The Hall–Kier alpha value is -1.97. The second-order valence-corrected chi connectivity index (χ2v) is 7.98. The van der Waals surface area contributed by atoms with Crippen LogP contribution in [-0.4, -0.2) is 18.9 Å². The van der Waals surface area contributed by atoms with Gasteiger partial charge in [-0.25, -0.2) is 4.79 Å². The van der Waals surface area contributed by atoms with E-state index in [1.807, 2.05) is 18.2 Å². The molecule has 2 saturated carbocycles. The number of hydrogen-bond acceptors (Lipinski definition) is 4. The van der Waals surface area contributed by atoms with Crippen LogP contribution in [0.3, 0.4) is 0 Å². The number of fused-ring (bicyclic) bond motifs is 3. The summed E-state index contributed by atoms with van der Waals surface area (Å²) in [6, 6.07) is 5.63. The van der Waals surface area contributed by atoms with Gasteiger partial charge in [-0.3, -0.25) is 0 Å². The molecule has 2 aliphatic carbocycles. The molecule has 2 bridgehead atoms. The van der Waals surface area contributed by atoms with Crippen LogP contribution >= 0.6 is 0 Å². The third-order valence-electron chi connectivity index (χ3n) is 6.78. The molecule has 0 saturated heterocycles. The molecule has 0 radical (unpaired) electrons. The van der Waals surface area contributed by atoms with Crippen LogP contribution in [0, 0.1) is 16.7 Å². The van der Waals surface area contributed by atoms with E-state index in [1.165, 1.54) is 12.5 Å². The molecule has 1 aliphatic heterocycles. The zero-order valence-corrected chi connectivity index (χ0v) is 14.5. The van der Waals surface area contributed by atoms with Gasteiger partial charge in [-0.2, -0.15) is 0 Å². The summed E-state index contributed by atoms with van der Waals surface area (Å²) in [5, 5.41) is 0. The van der Waals surface area contributed by atoms with Crippen LogP contribution < -0.4 is 9.47 Å². The Balaban J connectivity index is 1.43. The zero-order valence-electron chi connectivity index (χ0n) is 14.5. The van der Waals surface area contributed by atoms with E-state index in [2.05, 4.69) is 20.8 Å². The maximum Gasteiger partial charge on any atom is 0.331 e. The van der Waals surface area contributed by atoms with Crippen LogP contribution in [0.1, 0.15) is 45.6 Å². The molecule has 4 rings (SSSR count). The minimum absolute atomic E-state index is 0.0279. The van der Waals surface area contributed by atoms with E-state index < -0.39 is 0 Å². The molecule has 3 atom stereocenters. The molecule has 0 N–H and O–H groups in total. The van der Waals surface area contributed by atoms with Crippen molar-refractivity contribution in [3.8, 4) is 11.5 Å². The summed E-state index contributed by atoms with van der Waals surface area (Å²) in [6.07, 6.45) is 6.71. The van der Waals surface area contributed by atoms with Gasteiger partial charge in [0, 0.05) is 11.5 Å². The van der Waals surface area contributed by atoms with Crippen LogP contribution in [0.15, 0.2) is 24.3 Å². The van der Waals surface area contributed by atoms with E-state index in [0.717, 1.165) is 24.2 Å². The SMILES string of the molecule is CC1(C)[C@@H]2CC[C@@]1(C)[C@@H](OC(=O)/C=C/c1ccc3c(c1)OCO3)C2. The molecule has 0 unspecified atom stereocenters. The summed E-state index contributed by atoms with van der Waals surface area (Å²) in [6.45, 7) is 7.17. The molecule has 1 aromatic rings. The average Bonchev–Trinajstić information content (AvgIpc) is 3.15. The Bertz CT molecular complexity index is 706. The van der Waals surface area contributed by atoms with Crippen molar-refractivity contribution in [2.24, 2.45) is 16.7 Å². The number of ether oxygens (including phenoxy) is 3. The monoisotopic (exact) mass is 328 g/mol. The van der Waals surface area contributed by atoms with Gasteiger partial charge in [0.15, 0.2) is 11.5 Å². The lowest BCUT2D eigenvalue weighted by Crippen LogP contribution is -2.38. The van der Waals surface area contributed by atoms with E-state index in [9.17, 15) is 4.79 Å². The molecular formula is C20H24O4. The fourth-order valence-corrected chi connectivity index (χ4v) is 4.67.